The summed E-state index contributed by atoms with van der Waals surface area (Å²) < 4.78 is 13.6. The van der Waals surface area contributed by atoms with Gasteiger partial charge in [0.15, 0.2) is 0 Å². The van der Waals surface area contributed by atoms with Crippen LogP contribution in [0.3, 0.4) is 0 Å². The van der Waals surface area contributed by atoms with Gasteiger partial charge in [-0.2, -0.15) is 0 Å². The second-order valence-electron chi connectivity index (χ2n) is 3.34. The lowest BCUT2D eigenvalue weighted by atomic mass is 10.1. The predicted molar refractivity (Wildman–Crippen MR) is 61.6 cm³/mol. The van der Waals surface area contributed by atoms with Gasteiger partial charge in [0.05, 0.1) is 0 Å². The van der Waals surface area contributed by atoms with Gasteiger partial charge in [0.25, 0.3) is 0 Å². The van der Waals surface area contributed by atoms with Gasteiger partial charge in [-0.1, -0.05) is 23.7 Å². The molecule has 86 valence electrons. The number of carboxylic acid groups (broad SMARTS) is 1. The van der Waals surface area contributed by atoms with Crippen LogP contribution in [0.1, 0.15) is 10.5 Å². The van der Waals surface area contributed by atoms with Crippen molar-refractivity contribution in [2.45, 2.75) is 0 Å². The van der Waals surface area contributed by atoms with Crippen LogP contribution in [0, 0.1) is 5.82 Å². The van der Waals surface area contributed by atoms with Crippen LogP contribution in [-0.2, 0) is 0 Å². The zero-order chi connectivity index (χ0) is 12.4. The summed E-state index contributed by atoms with van der Waals surface area (Å²) in [6, 6.07) is 8.62. The molecule has 0 bridgehead atoms. The van der Waals surface area contributed by atoms with Gasteiger partial charge >= 0.3 is 5.97 Å². The number of hydrogen-bond acceptors (Lipinski definition) is 2. The van der Waals surface area contributed by atoms with Crippen LogP contribution in [0.2, 0.25) is 5.02 Å². The number of aromatic nitrogens is 1. The molecule has 2 rings (SSSR count). The number of benzene rings is 1. The summed E-state index contributed by atoms with van der Waals surface area (Å²) in [6.07, 6.45) is 0. The monoisotopic (exact) mass is 251 g/mol. The number of halogens is 2. The number of hydrogen-bond donors (Lipinski definition) is 1. The fraction of sp³-hybridized carbons (Fsp3) is 0. The fourth-order valence-electron chi connectivity index (χ4n) is 1.40. The molecule has 0 spiro atoms. The lowest BCUT2D eigenvalue weighted by Crippen LogP contribution is -2.02. The Bertz CT molecular complexity index is 586. The van der Waals surface area contributed by atoms with Gasteiger partial charge in [-0.05, 0) is 24.3 Å². The molecule has 0 saturated heterocycles. The molecule has 5 heteroatoms. The molecule has 2 aromatic rings. The van der Waals surface area contributed by atoms with Crippen LogP contribution in [0.25, 0.3) is 11.3 Å². The maximum Gasteiger partial charge on any atom is 0.354 e. The number of nitrogens with zero attached hydrogens (tertiary/aromatic N) is 1. The van der Waals surface area contributed by atoms with Gasteiger partial charge in [0, 0.05) is 10.6 Å². The van der Waals surface area contributed by atoms with Crippen LogP contribution < -0.4 is 0 Å². The normalized spacial score (nSPS) is 10.2. The summed E-state index contributed by atoms with van der Waals surface area (Å²) in [6.45, 7) is 0. The molecule has 0 saturated carbocycles. The Hall–Kier alpha value is -1.94. The average molecular weight is 252 g/mol. The SMILES string of the molecule is O=C(O)c1ccc(F)c(-c2cccc(Cl)c2)n1. The molecule has 1 heterocycles. The number of pyridine rings is 1. The van der Waals surface area contributed by atoms with E-state index in [0.717, 1.165) is 12.1 Å². The van der Waals surface area contributed by atoms with E-state index < -0.39 is 11.8 Å². The summed E-state index contributed by atoms with van der Waals surface area (Å²) in [7, 11) is 0. The summed E-state index contributed by atoms with van der Waals surface area (Å²) >= 11 is 5.78. The Labute approximate surface area is 101 Å². The zero-order valence-electron chi connectivity index (χ0n) is 8.52. The van der Waals surface area contributed by atoms with Crippen molar-refractivity contribution in [1.29, 1.82) is 0 Å². The lowest BCUT2D eigenvalue weighted by Gasteiger charge is -2.04. The van der Waals surface area contributed by atoms with E-state index in [1.807, 2.05) is 0 Å². The number of rotatable bonds is 2. The van der Waals surface area contributed by atoms with Crippen molar-refractivity contribution in [3.8, 4) is 11.3 Å². The zero-order valence-corrected chi connectivity index (χ0v) is 9.28. The molecule has 1 N–H and O–H groups in total. The van der Waals surface area contributed by atoms with Crippen LogP contribution in [0.15, 0.2) is 36.4 Å². The van der Waals surface area contributed by atoms with Gasteiger partial charge in [-0.15, -0.1) is 0 Å². The largest absolute Gasteiger partial charge is 0.477 e. The molecule has 17 heavy (non-hydrogen) atoms. The van der Waals surface area contributed by atoms with Crippen molar-refractivity contribution in [3.63, 3.8) is 0 Å². The van der Waals surface area contributed by atoms with Gasteiger partial charge in [-0.25, -0.2) is 14.2 Å². The smallest absolute Gasteiger partial charge is 0.354 e. The first-order valence-electron chi connectivity index (χ1n) is 4.73. The highest BCUT2D eigenvalue weighted by Crippen LogP contribution is 2.23. The highest BCUT2D eigenvalue weighted by Gasteiger charge is 2.12. The van der Waals surface area contributed by atoms with E-state index in [2.05, 4.69) is 4.98 Å². The van der Waals surface area contributed by atoms with Crippen molar-refractivity contribution in [2.75, 3.05) is 0 Å². The van der Waals surface area contributed by atoms with Gasteiger partial charge in [-0.3, -0.25) is 0 Å². The lowest BCUT2D eigenvalue weighted by molar-refractivity contribution is 0.0690. The molecule has 0 radical (unpaired) electrons. The molecule has 0 amide bonds. The van der Waals surface area contributed by atoms with Crippen molar-refractivity contribution < 1.29 is 14.3 Å². The second kappa shape index (κ2) is 4.51. The molecule has 3 nitrogen and oxygen atoms in total. The van der Waals surface area contributed by atoms with Crippen molar-refractivity contribution in [3.05, 3.63) is 52.9 Å². The molecule has 0 unspecified atom stereocenters. The maximum atomic E-state index is 13.6. The third-order valence-electron chi connectivity index (χ3n) is 2.16. The molecule has 1 aromatic heterocycles. The maximum absolute atomic E-state index is 13.6. The summed E-state index contributed by atoms with van der Waals surface area (Å²) in [5.74, 6) is -1.79. The molecule has 0 atom stereocenters. The third kappa shape index (κ3) is 2.42. The topological polar surface area (TPSA) is 50.2 Å². The Morgan fingerprint density at radius 1 is 1.29 bits per heavy atom. The van der Waals surface area contributed by atoms with E-state index in [9.17, 15) is 9.18 Å². The Kier molecular flexibility index (Phi) is 3.06. The Morgan fingerprint density at radius 3 is 2.71 bits per heavy atom. The van der Waals surface area contributed by atoms with Crippen LogP contribution >= 0.6 is 11.6 Å². The minimum absolute atomic E-state index is 0.0209. The van der Waals surface area contributed by atoms with E-state index in [1.54, 1.807) is 18.2 Å². The average Bonchev–Trinajstić information content (AvgIpc) is 2.29. The van der Waals surface area contributed by atoms with E-state index in [1.165, 1.54) is 6.07 Å². The minimum Gasteiger partial charge on any atom is -0.477 e. The highest BCUT2D eigenvalue weighted by molar-refractivity contribution is 6.30. The van der Waals surface area contributed by atoms with Crippen molar-refractivity contribution in [1.82, 2.24) is 4.98 Å². The van der Waals surface area contributed by atoms with Crippen LogP contribution in [-0.4, -0.2) is 16.1 Å². The van der Waals surface area contributed by atoms with E-state index in [0.29, 0.717) is 10.6 Å². The highest BCUT2D eigenvalue weighted by atomic mass is 35.5. The summed E-state index contributed by atoms with van der Waals surface area (Å²) in [5.41, 5.74) is 0.215. The van der Waals surface area contributed by atoms with Crippen LogP contribution in [0.4, 0.5) is 4.39 Å². The standard InChI is InChI=1S/C12H7ClFNO2/c13-8-3-1-2-7(6-8)11-9(14)4-5-10(15-11)12(16)17/h1-6H,(H,16,17). The number of carboxylic acids is 1. The van der Waals surface area contributed by atoms with Crippen LogP contribution in [0.5, 0.6) is 0 Å². The quantitative estimate of drug-likeness (QED) is 0.891. The first-order valence-corrected chi connectivity index (χ1v) is 5.11. The van der Waals surface area contributed by atoms with E-state index in [4.69, 9.17) is 16.7 Å². The number of aromatic carboxylic acids is 1. The predicted octanol–water partition coefficient (Wildman–Crippen LogP) is 3.24. The number of carbonyl (C=O) groups is 1. The summed E-state index contributed by atoms with van der Waals surface area (Å²) in [4.78, 5) is 14.5. The molecule has 1 aromatic carbocycles. The molecule has 0 fully saturated rings. The molecule has 0 aliphatic rings. The first-order chi connectivity index (χ1) is 8.08. The second-order valence-corrected chi connectivity index (χ2v) is 3.78. The molecular formula is C12H7ClFNO2. The van der Waals surface area contributed by atoms with Gasteiger partial charge in [0.2, 0.25) is 0 Å². The Balaban J connectivity index is 2.58. The van der Waals surface area contributed by atoms with Gasteiger partial charge in [0.1, 0.15) is 17.2 Å². The molecular weight excluding hydrogens is 245 g/mol. The fourth-order valence-corrected chi connectivity index (χ4v) is 1.59. The van der Waals surface area contributed by atoms with Crippen molar-refractivity contribution >= 4 is 17.6 Å². The molecule has 0 aliphatic carbocycles. The minimum atomic E-state index is -1.20. The third-order valence-corrected chi connectivity index (χ3v) is 2.40. The summed E-state index contributed by atoms with van der Waals surface area (Å²) in [5, 5.41) is 9.23. The van der Waals surface area contributed by atoms with E-state index >= 15 is 0 Å². The Morgan fingerprint density at radius 2 is 2.06 bits per heavy atom. The molecule has 0 aliphatic heterocycles. The first kappa shape index (κ1) is 11.5. The van der Waals surface area contributed by atoms with E-state index in [-0.39, 0.29) is 11.4 Å². The van der Waals surface area contributed by atoms with Gasteiger partial charge < -0.3 is 5.11 Å². The van der Waals surface area contributed by atoms with Crippen molar-refractivity contribution in [2.24, 2.45) is 0 Å².